The molecule has 11 heteroatoms. The molecule has 136 valence electrons. The molecule has 26 heavy (non-hydrogen) atoms. The minimum absolute atomic E-state index is 0.0533. The van der Waals surface area contributed by atoms with E-state index >= 15 is 0 Å². The van der Waals surface area contributed by atoms with Crippen molar-refractivity contribution in [2.24, 2.45) is 16.5 Å². The number of nitrogens with zero attached hydrogens (tertiary/aromatic N) is 3. The predicted octanol–water partition coefficient (Wildman–Crippen LogP) is 2.94. The van der Waals surface area contributed by atoms with E-state index in [4.69, 9.17) is 15.9 Å². The van der Waals surface area contributed by atoms with Crippen LogP contribution in [0.25, 0.3) is 11.4 Å². The lowest BCUT2D eigenvalue weighted by molar-refractivity contribution is -0.113. The first kappa shape index (κ1) is 18.4. The Hall–Kier alpha value is -2.37. The summed E-state index contributed by atoms with van der Waals surface area (Å²) in [7, 11) is 0. The molecular weight excluding hydrogens is 392 g/mol. The smallest absolute Gasteiger partial charge is 0.235 e. The number of carbonyl (C=O) groups is 1. The van der Waals surface area contributed by atoms with Crippen LogP contribution in [0.5, 0.6) is 0 Å². The van der Waals surface area contributed by atoms with Crippen molar-refractivity contribution >= 4 is 56.4 Å². The van der Waals surface area contributed by atoms with Crippen LogP contribution in [0.15, 0.2) is 33.2 Å². The Balaban J connectivity index is 1.66. The molecule has 0 spiro atoms. The highest BCUT2D eigenvalue weighted by Gasteiger charge is 2.17. The van der Waals surface area contributed by atoms with Crippen LogP contribution in [-0.4, -0.2) is 27.6 Å². The van der Waals surface area contributed by atoms with Gasteiger partial charge in [0.2, 0.25) is 11.0 Å². The summed E-state index contributed by atoms with van der Waals surface area (Å²) in [5.41, 5.74) is 12.0. The molecule has 3 aromatic rings. The van der Waals surface area contributed by atoms with Gasteiger partial charge in [0.05, 0.1) is 22.8 Å². The largest absolute Gasteiger partial charge is 0.468 e. The van der Waals surface area contributed by atoms with Crippen molar-refractivity contribution in [1.29, 1.82) is 0 Å². The first-order valence-corrected chi connectivity index (χ1v) is 10.3. The van der Waals surface area contributed by atoms with Crippen molar-refractivity contribution in [3.8, 4) is 11.4 Å². The number of furan rings is 1. The van der Waals surface area contributed by atoms with Gasteiger partial charge in [-0.15, -0.1) is 34.4 Å². The maximum absolute atomic E-state index is 12.2. The number of anilines is 1. The molecule has 5 N–H and O–H groups in total. The van der Waals surface area contributed by atoms with Crippen molar-refractivity contribution < 1.29 is 9.21 Å². The number of guanidine groups is 1. The topological polar surface area (TPSA) is 132 Å². The van der Waals surface area contributed by atoms with Gasteiger partial charge in [0, 0.05) is 5.38 Å². The van der Waals surface area contributed by atoms with E-state index in [2.05, 4.69) is 20.3 Å². The molecule has 0 aliphatic carbocycles. The Labute approximate surface area is 161 Å². The summed E-state index contributed by atoms with van der Waals surface area (Å²) in [5, 5.41) is 6.64. The van der Waals surface area contributed by atoms with Crippen molar-refractivity contribution in [1.82, 2.24) is 9.97 Å². The van der Waals surface area contributed by atoms with Crippen LogP contribution in [0.3, 0.4) is 0 Å². The number of thiazole rings is 2. The molecule has 0 atom stereocenters. The molecule has 3 heterocycles. The lowest BCUT2D eigenvalue weighted by Gasteiger charge is -2.03. The van der Waals surface area contributed by atoms with E-state index in [1.807, 2.05) is 19.1 Å². The lowest BCUT2D eigenvalue weighted by atomic mass is 10.3. The van der Waals surface area contributed by atoms with Gasteiger partial charge in [-0.1, -0.05) is 0 Å². The second-order valence-corrected chi connectivity index (χ2v) is 8.11. The Morgan fingerprint density at radius 1 is 1.42 bits per heavy atom. The molecule has 0 radical (unpaired) electrons. The van der Waals surface area contributed by atoms with Gasteiger partial charge >= 0.3 is 0 Å². The van der Waals surface area contributed by atoms with Gasteiger partial charge in [-0.2, -0.15) is 4.99 Å². The summed E-state index contributed by atoms with van der Waals surface area (Å²) in [5.74, 6) is 1.64. The van der Waals surface area contributed by atoms with Crippen LogP contribution in [0.1, 0.15) is 10.8 Å². The standard InChI is InChI=1S/C15H16N6O2S3/c1-8-18-12(10-6-25-15(19-10)21-14(16)17)13(26-8)20-11(22)7-24-5-9-3-2-4-23-9/h2-4,6H,5,7H2,1H3,(H,20,22)(H4,16,17,19,21). The minimum Gasteiger partial charge on any atom is -0.468 e. The van der Waals surface area contributed by atoms with Gasteiger partial charge in [0.25, 0.3) is 0 Å². The number of carbonyl (C=O) groups excluding carboxylic acids is 1. The SMILES string of the molecule is Cc1nc(-c2csc(N=C(N)N)n2)c(NC(=O)CSCc2ccco2)s1. The number of rotatable bonds is 7. The quantitative estimate of drug-likeness (QED) is 0.404. The fourth-order valence-electron chi connectivity index (χ4n) is 2.02. The van der Waals surface area contributed by atoms with Crippen molar-refractivity contribution in [3.63, 3.8) is 0 Å². The Morgan fingerprint density at radius 2 is 2.27 bits per heavy atom. The molecule has 1 amide bonds. The Kier molecular flexibility index (Phi) is 5.91. The van der Waals surface area contributed by atoms with Crippen LogP contribution in [-0.2, 0) is 10.5 Å². The molecule has 0 bridgehead atoms. The maximum Gasteiger partial charge on any atom is 0.235 e. The number of hydrogen-bond donors (Lipinski definition) is 3. The average molecular weight is 409 g/mol. The molecule has 3 rings (SSSR count). The summed E-state index contributed by atoms with van der Waals surface area (Å²) in [6.07, 6.45) is 1.62. The second kappa shape index (κ2) is 8.34. The Morgan fingerprint density at radius 3 is 3.00 bits per heavy atom. The van der Waals surface area contributed by atoms with Crippen molar-refractivity contribution in [2.75, 3.05) is 11.1 Å². The highest BCUT2D eigenvalue weighted by molar-refractivity contribution is 7.99. The molecule has 8 nitrogen and oxygen atoms in total. The third-order valence-electron chi connectivity index (χ3n) is 3.00. The fourth-order valence-corrected chi connectivity index (χ4v) is 4.28. The number of aromatic nitrogens is 2. The molecule has 0 aliphatic heterocycles. The molecule has 0 aromatic carbocycles. The van der Waals surface area contributed by atoms with Crippen LogP contribution in [0.4, 0.5) is 10.1 Å². The molecule has 0 aliphatic rings. The predicted molar refractivity (Wildman–Crippen MR) is 107 cm³/mol. The lowest BCUT2D eigenvalue weighted by Crippen LogP contribution is -2.21. The maximum atomic E-state index is 12.2. The number of hydrogen-bond acceptors (Lipinski definition) is 8. The fraction of sp³-hybridized carbons (Fsp3) is 0.200. The van der Waals surface area contributed by atoms with E-state index < -0.39 is 0 Å². The zero-order valence-corrected chi connectivity index (χ0v) is 16.2. The summed E-state index contributed by atoms with van der Waals surface area (Å²) in [4.78, 5) is 25.0. The van der Waals surface area contributed by atoms with E-state index in [0.29, 0.717) is 33.0 Å². The monoisotopic (exact) mass is 408 g/mol. The second-order valence-electron chi connectivity index (χ2n) is 5.08. The third-order valence-corrected chi connectivity index (χ3v) is 5.58. The first-order valence-electron chi connectivity index (χ1n) is 7.44. The summed E-state index contributed by atoms with van der Waals surface area (Å²) in [6.45, 7) is 1.87. The van der Waals surface area contributed by atoms with E-state index in [-0.39, 0.29) is 11.9 Å². The first-order chi connectivity index (χ1) is 12.5. The van der Waals surface area contributed by atoms with Crippen molar-refractivity contribution in [2.45, 2.75) is 12.7 Å². The zero-order chi connectivity index (χ0) is 18.5. The molecular formula is C15H16N6O2S3. The molecule has 0 fully saturated rings. The number of amides is 1. The Bertz CT molecular complexity index is 912. The van der Waals surface area contributed by atoms with Crippen LogP contribution < -0.4 is 16.8 Å². The number of thioether (sulfide) groups is 1. The normalized spacial score (nSPS) is 10.7. The molecule has 3 aromatic heterocycles. The van der Waals surface area contributed by atoms with Crippen molar-refractivity contribution in [3.05, 3.63) is 34.5 Å². The number of nitrogens with one attached hydrogen (secondary N) is 1. The summed E-state index contributed by atoms with van der Waals surface area (Å²) < 4.78 is 5.25. The molecule has 0 unspecified atom stereocenters. The van der Waals surface area contributed by atoms with Gasteiger partial charge < -0.3 is 21.2 Å². The molecule has 0 saturated carbocycles. The third kappa shape index (κ3) is 4.84. The number of aryl methyl sites for hydroxylation is 1. The molecule has 0 saturated heterocycles. The minimum atomic E-state index is -0.105. The summed E-state index contributed by atoms with van der Waals surface area (Å²) >= 11 is 4.18. The van der Waals surface area contributed by atoms with Gasteiger partial charge in [0.15, 0.2) is 5.96 Å². The van der Waals surface area contributed by atoms with Gasteiger partial charge in [-0.25, -0.2) is 9.97 Å². The number of aliphatic imine (C=N–C) groups is 1. The van der Waals surface area contributed by atoms with Gasteiger partial charge in [-0.3, -0.25) is 4.79 Å². The van der Waals surface area contributed by atoms with Crippen LogP contribution >= 0.6 is 34.4 Å². The van der Waals surface area contributed by atoms with Crippen LogP contribution in [0.2, 0.25) is 0 Å². The van der Waals surface area contributed by atoms with Gasteiger partial charge in [-0.05, 0) is 19.1 Å². The van der Waals surface area contributed by atoms with E-state index in [1.165, 1.54) is 34.4 Å². The highest BCUT2D eigenvalue weighted by Crippen LogP contribution is 2.35. The van der Waals surface area contributed by atoms with Crippen LogP contribution in [0, 0.1) is 6.92 Å². The van der Waals surface area contributed by atoms with E-state index in [9.17, 15) is 4.79 Å². The van der Waals surface area contributed by atoms with E-state index in [1.54, 1.807) is 11.6 Å². The van der Waals surface area contributed by atoms with E-state index in [0.717, 1.165) is 10.8 Å². The number of nitrogens with two attached hydrogens (primary N) is 2. The zero-order valence-electron chi connectivity index (χ0n) is 13.8. The van der Waals surface area contributed by atoms with Gasteiger partial charge in [0.1, 0.15) is 22.1 Å². The summed E-state index contributed by atoms with van der Waals surface area (Å²) in [6, 6.07) is 3.71. The average Bonchev–Trinajstić information content (AvgIpc) is 3.29. The highest BCUT2D eigenvalue weighted by atomic mass is 32.2.